The number of fused-ring (bicyclic) bond motifs is 1. The summed E-state index contributed by atoms with van der Waals surface area (Å²) in [5, 5.41) is 4.38. The minimum atomic E-state index is -1.92. The Bertz CT molecular complexity index is 1720. The van der Waals surface area contributed by atoms with E-state index in [1.165, 1.54) is 30.7 Å². The molecule has 262 valence electrons. The van der Waals surface area contributed by atoms with E-state index >= 15 is 0 Å². The number of β-lactam (4-membered cyclic amide) rings is 1. The van der Waals surface area contributed by atoms with E-state index in [2.05, 4.69) is 10.6 Å². The first-order valence-electron chi connectivity index (χ1n) is 15.9. The van der Waals surface area contributed by atoms with Gasteiger partial charge in [-0.05, 0) is 37.5 Å². The lowest BCUT2D eigenvalue weighted by Gasteiger charge is -2.56. The maximum atomic E-state index is 14.2. The van der Waals surface area contributed by atoms with Gasteiger partial charge in [-0.15, -0.1) is 11.8 Å². The van der Waals surface area contributed by atoms with Gasteiger partial charge in [0.1, 0.15) is 29.3 Å². The highest BCUT2D eigenvalue weighted by Gasteiger charge is 2.67. The van der Waals surface area contributed by atoms with Crippen molar-refractivity contribution in [2.45, 2.75) is 56.5 Å². The van der Waals surface area contributed by atoms with Gasteiger partial charge >= 0.3 is 18.0 Å². The molecular weight excluding hydrogens is 662 g/mol. The third kappa shape index (κ3) is 7.84. The van der Waals surface area contributed by atoms with Gasteiger partial charge in [-0.1, -0.05) is 91.0 Å². The molecule has 2 heterocycles. The summed E-state index contributed by atoms with van der Waals surface area (Å²) in [7, 11) is 1.27. The number of nitrogens with zero attached hydrogens (tertiary/aromatic N) is 1. The van der Waals surface area contributed by atoms with Crippen LogP contribution < -0.4 is 10.6 Å². The Balaban J connectivity index is 1.46. The van der Waals surface area contributed by atoms with Crippen molar-refractivity contribution in [3.63, 3.8) is 0 Å². The Labute approximate surface area is 294 Å². The molecule has 0 radical (unpaired) electrons. The number of methoxy groups -OCH3 is 1. The Hall–Kier alpha value is -5.14. The van der Waals surface area contributed by atoms with E-state index in [1.54, 1.807) is 51.1 Å². The molecule has 3 amide bonds. The molecule has 13 heteroatoms. The van der Waals surface area contributed by atoms with Crippen LogP contribution in [0.5, 0.6) is 0 Å². The van der Waals surface area contributed by atoms with Crippen molar-refractivity contribution in [2.75, 3.05) is 19.5 Å². The molecule has 1 unspecified atom stereocenters. The van der Waals surface area contributed by atoms with Gasteiger partial charge in [0.05, 0.1) is 0 Å². The molecular formula is C37H39N3O9S. The zero-order valence-corrected chi connectivity index (χ0v) is 29.2. The summed E-state index contributed by atoms with van der Waals surface area (Å²) in [5.74, 6) is -2.75. The van der Waals surface area contributed by atoms with Crippen LogP contribution in [-0.2, 0) is 38.1 Å². The molecule has 12 nitrogen and oxygen atoms in total. The minimum absolute atomic E-state index is 0.106. The first-order chi connectivity index (χ1) is 23.8. The maximum Gasteiger partial charge on any atom is 0.408 e. The SMILES string of the molecule is CO[C@@]1(NC(=O)C(NC(=O)OC(C)(C)C)c2ccccc2)C(=O)N2C(C(=O)OC(c3ccccc3)c3ccccc3)=C(COC(C)=O)CS[C@H]21. The van der Waals surface area contributed by atoms with Crippen LogP contribution in [0.15, 0.2) is 102 Å². The van der Waals surface area contributed by atoms with Gasteiger partial charge in [0.2, 0.25) is 5.91 Å². The lowest BCUT2D eigenvalue weighted by Crippen LogP contribution is -2.81. The average molecular weight is 702 g/mol. The van der Waals surface area contributed by atoms with Gasteiger partial charge in [0, 0.05) is 25.4 Å². The second-order valence-electron chi connectivity index (χ2n) is 12.6. The van der Waals surface area contributed by atoms with Crippen molar-refractivity contribution in [1.29, 1.82) is 0 Å². The average Bonchev–Trinajstić information content (AvgIpc) is 3.10. The number of carbonyl (C=O) groups is 5. The van der Waals surface area contributed by atoms with E-state index in [-0.39, 0.29) is 18.1 Å². The molecule has 2 aliphatic rings. The quantitative estimate of drug-likeness (QED) is 0.124. The molecule has 2 N–H and O–H groups in total. The van der Waals surface area contributed by atoms with Gasteiger partial charge < -0.3 is 29.6 Å². The predicted molar refractivity (Wildman–Crippen MR) is 184 cm³/mol. The van der Waals surface area contributed by atoms with E-state index in [0.717, 1.165) is 0 Å². The number of nitrogens with one attached hydrogen (secondary N) is 2. The maximum absolute atomic E-state index is 14.2. The fourth-order valence-corrected chi connectivity index (χ4v) is 7.02. The summed E-state index contributed by atoms with van der Waals surface area (Å²) in [4.78, 5) is 68.1. The Morgan fingerprint density at radius 1 is 0.900 bits per heavy atom. The number of thioether (sulfide) groups is 1. The van der Waals surface area contributed by atoms with Crippen molar-refractivity contribution >= 4 is 41.6 Å². The first kappa shape index (κ1) is 36.1. The van der Waals surface area contributed by atoms with Crippen LogP contribution in [0, 0.1) is 0 Å². The molecule has 3 aromatic carbocycles. The number of esters is 2. The Morgan fingerprint density at radius 2 is 1.44 bits per heavy atom. The summed E-state index contributed by atoms with van der Waals surface area (Å²) >= 11 is 1.21. The second-order valence-corrected chi connectivity index (χ2v) is 13.7. The van der Waals surface area contributed by atoms with E-state index in [1.807, 2.05) is 60.7 Å². The van der Waals surface area contributed by atoms with Crippen molar-refractivity contribution in [3.8, 4) is 0 Å². The largest absolute Gasteiger partial charge is 0.461 e. The molecule has 0 aromatic heterocycles. The van der Waals surface area contributed by atoms with Crippen LogP contribution in [0.3, 0.4) is 0 Å². The van der Waals surface area contributed by atoms with Crippen LogP contribution in [-0.4, -0.2) is 70.9 Å². The van der Waals surface area contributed by atoms with Gasteiger partial charge in [0.15, 0.2) is 6.10 Å². The minimum Gasteiger partial charge on any atom is -0.461 e. The Morgan fingerprint density at radius 3 is 1.94 bits per heavy atom. The predicted octanol–water partition coefficient (Wildman–Crippen LogP) is 4.78. The molecule has 0 bridgehead atoms. The van der Waals surface area contributed by atoms with Crippen molar-refractivity contribution in [2.24, 2.45) is 0 Å². The zero-order valence-electron chi connectivity index (χ0n) is 28.3. The standard InChI is InChI=1S/C37H39N3O9S/c1-23(41)47-21-27-22-50-34-37(46-5,39-31(42)28(24-15-9-6-10-16-24)38-35(45)49-36(2,3)4)33(44)40(34)29(27)32(43)48-30(25-17-11-7-12-18-25)26-19-13-8-14-20-26/h6-20,28,30,34H,21-22H2,1-5H3,(H,38,45)(H,39,42)/t28?,34-,37-/m0/s1. The monoisotopic (exact) mass is 701 g/mol. The van der Waals surface area contributed by atoms with Gasteiger partial charge in [-0.25, -0.2) is 9.59 Å². The molecule has 2 aliphatic heterocycles. The zero-order chi connectivity index (χ0) is 36.1. The van der Waals surface area contributed by atoms with Gasteiger partial charge in [-0.2, -0.15) is 0 Å². The van der Waals surface area contributed by atoms with E-state index in [4.69, 9.17) is 18.9 Å². The molecule has 0 aliphatic carbocycles. The number of alkyl carbamates (subject to hydrolysis) is 1. The highest BCUT2D eigenvalue weighted by Crippen LogP contribution is 2.47. The second kappa shape index (κ2) is 15.2. The van der Waals surface area contributed by atoms with Crippen molar-refractivity contribution in [1.82, 2.24) is 15.5 Å². The van der Waals surface area contributed by atoms with Crippen LogP contribution in [0.4, 0.5) is 4.79 Å². The third-order valence-electron chi connectivity index (χ3n) is 7.87. The van der Waals surface area contributed by atoms with Crippen LogP contribution >= 0.6 is 11.8 Å². The molecule has 50 heavy (non-hydrogen) atoms. The normalized spacial score (nSPS) is 19.1. The molecule has 1 saturated heterocycles. The van der Waals surface area contributed by atoms with E-state index < -0.39 is 58.7 Å². The fourth-order valence-electron chi connectivity index (χ4n) is 5.60. The van der Waals surface area contributed by atoms with Gasteiger partial charge in [-0.3, -0.25) is 19.3 Å². The summed E-state index contributed by atoms with van der Waals surface area (Å²) < 4.78 is 22.5. The lowest BCUT2D eigenvalue weighted by atomic mass is 9.96. The molecule has 3 atom stereocenters. The van der Waals surface area contributed by atoms with Crippen LogP contribution in [0.25, 0.3) is 0 Å². The lowest BCUT2D eigenvalue weighted by molar-refractivity contribution is -0.193. The number of ether oxygens (including phenoxy) is 4. The summed E-state index contributed by atoms with van der Waals surface area (Å²) in [6.45, 7) is 6.07. The third-order valence-corrected chi connectivity index (χ3v) is 9.24. The van der Waals surface area contributed by atoms with Crippen LogP contribution in [0.2, 0.25) is 0 Å². The van der Waals surface area contributed by atoms with E-state index in [0.29, 0.717) is 22.3 Å². The summed E-state index contributed by atoms with van der Waals surface area (Å²) in [6.07, 6.45) is -1.66. The summed E-state index contributed by atoms with van der Waals surface area (Å²) in [5.41, 5.74) is -0.666. The topological polar surface area (TPSA) is 150 Å². The van der Waals surface area contributed by atoms with Crippen LogP contribution in [0.1, 0.15) is 56.5 Å². The van der Waals surface area contributed by atoms with Gasteiger partial charge in [0.25, 0.3) is 11.6 Å². The molecule has 5 rings (SSSR count). The molecule has 0 saturated carbocycles. The molecule has 1 fully saturated rings. The highest BCUT2D eigenvalue weighted by molar-refractivity contribution is 8.00. The molecule has 3 aromatic rings. The van der Waals surface area contributed by atoms with E-state index in [9.17, 15) is 24.0 Å². The number of rotatable bonds is 11. The number of amides is 3. The summed E-state index contributed by atoms with van der Waals surface area (Å²) in [6, 6.07) is 25.5. The van der Waals surface area contributed by atoms with Crippen molar-refractivity contribution < 1.29 is 42.9 Å². The number of benzene rings is 3. The number of hydrogen-bond acceptors (Lipinski definition) is 10. The number of hydrogen-bond donors (Lipinski definition) is 2. The fraction of sp³-hybridized carbons (Fsp3) is 0.324. The van der Waals surface area contributed by atoms with Crippen molar-refractivity contribution in [3.05, 3.63) is 119 Å². The number of carbonyl (C=O) groups excluding carboxylic acids is 5. The first-order valence-corrected chi connectivity index (χ1v) is 16.9. The molecule has 0 spiro atoms. The smallest absolute Gasteiger partial charge is 0.408 e. The highest BCUT2D eigenvalue weighted by atomic mass is 32.2. The Kier molecular flexibility index (Phi) is 11.0.